The third-order valence-corrected chi connectivity index (χ3v) is 4.77. The Morgan fingerprint density at radius 1 is 1.15 bits per heavy atom. The van der Waals surface area contributed by atoms with E-state index in [0.717, 1.165) is 17.3 Å². The van der Waals surface area contributed by atoms with Crippen LogP contribution in [0.5, 0.6) is 0 Å². The van der Waals surface area contributed by atoms with Gasteiger partial charge >= 0.3 is 0 Å². The van der Waals surface area contributed by atoms with E-state index in [0.29, 0.717) is 26.2 Å². The highest BCUT2D eigenvalue weighted by Crippen LogP contribution is 2.18. The van der Waals surface area contributed by atoms with Gasteiger partial charge in [0.15, 0.2) is 0 Å². The maximum Gasteiger partial charge on any atom is 0.242 e. The molecule has 1 saturated heterocycles. The fourth-order valence-corrected chi connectivity index (χ4v) is 2.87. The summed E-state index contributed by atoms with van der Waals surface area (Å²) < 4.78 is 0. The van der Waals surface area contributed by atoms with Crippen molar-refractivity contribution in [1.29, 1.82) is 0 Å². The second kappa shape index (κ2) is 9.12. The Morgan fingerprint density at radius 3 is 2.33 bits per heavy atom. The SMILES string of the molecule is Cc1cc(N2CCN(C(=O)CNC(=O)[C@@H](N)C(C)C)CC2)nc(C(C)C)n1. The van der Waals surface area contributed by atoms with Crippen LogP contribution < -0.4 is 16.0 Å². The Kier molecular flexibility index (Phi) is 7.12. The predicted molar refractivity (Wildman–Crippen MR) is 105 cm³/mol. The molecule has 8 nitrogen and oxygen atoms in total. The first kappa shape index (κ1) is 21.1. The van der Waals surface area contributed by atoms with Gasteiger partial charge in [-0.3, -0.25) is 9.59 Å². The smallest absolute Gasteiger partial charge is 0.242 e. The lowest BCUT2D eigenvalue weighted by Crippen LogP contribution is -2.53. The number of hydrogen-bond donors (Lipinski definition) is 2. The Labute approximate surface area is 161 Å². The topological polar surface area (TPSA) is 104 Å². The number of aromatic nitrogens is 2. The second-order valence-electron chi connectivity index (χ2n) is 7.74. The first-order chi connectivity index (χ1) is 12.7. The molecule has 0 unspecified atom stereocenters. The van der Waals surface area contributed by atoms with E-state index in [1.54, 1.807) is 4.90 Å². The molecular weight excluding hydrogens is 344 g/mol. The van der Waals surface area contributed by atoms with Crippen molar-refractivity contribution in [2.45, 2.75) is 46.6 Å². The van der Waals surface area contributed by atoms with Gasteiger partial charge in [-0.15, -0.1) is 0 Å². The van der Waals surface area contributed by atoms with E-state index in [2.05, 4.69) is 34.0 Å². The van der Waals surface area contributed by atoms with E-state index in [9.17, 15) is 9.59 Å². The molecule has 8 heteroatoms. The molecule has 27 heavy (non-hydrogen) atoms. The number of hydrogen-bond acceptors (Lipinski definition) is 6. The summed E-state index contributed by atoms with van der Waals surface area (Å²) in [6.07, 6.45) is 0. The zero-order valence-electron chi connectivity index (χ0n) is 17.0. The van der Waals surface area contributed by atoms with Crippen LogP contribution in [0.25, 0.3) is 0 Å². The molecule has 0 saturated carbocycles. The van der Waals surface area contributed by atoms with E-state index < -0.39 is 6.04 Å². The van der Waals surface area contributed by atoms with Crippen molar-refractivity contribution in [3.05, 3.63) is 17.6 Å². The first-order valence-electron chi connectivity index (χ1n) is 9.60. The van der Waals surface area contributed by atoms with Crippen LogP contribution in [0.3, 0.4) is 0 Å². The van der Waals surface area contributed by atoms with Crippen molar-refractivity contribution in [3.63, 3.8) is 0 Å². The van der Waals surface area contributed by atoms with Gasteiger partial charge in [-0.2, -0.15) is 0 Å². The monoisotopic (exact) mass is 376 g/mol. The fourth-order valence-electron chi connectivity index (χ4n) is 2.87. The molecule has 150 valence electrons. The average Bonchev–Trinajstić information content (AvgIpc) is 2.64. The molecule has 1 aromatic rings. The summed E-state index contributed by atoms with van der Waals surface area (Å²) >= 11 is 0. The average molecular weight is 377 g/mol. The lowest BCUT2D eigenvalue weighted by molar-refractivity contribution is -0.133. The van der Waals surface area contributed by atoms with Crippen LogP contribution in [-0.2, 0) is 9.59 Å². The van der Waals surface area contributed by atoms with Gasteiger partial charge in [-0.25, -0.2) is 9.97 Å². The largest absolute Gasteiger partial charge is 0.353 e. The predicted octanol–water partition coefficient (Wildman–Crippen LogP) is 0.657. The third-order valence-electron chi connectivity index (χ3n) is 4.77. The molecule has 3 N–H and O–H groups in total. The van der Waals surface area contributed by atoms with Gasteiger partial charge < -0.3 is 20.9 Å². The summed E-state index contributed by atoms with van der Waals surface area (Å²) in [6.45, 7) is 12.5. The number of nitrogens with two attached hydrogens (primary N) is 1. The van der Waals surface area contributed by atoms with Gasteiger partial charge in [0.25, 0.3) is 0 Å². The van der Waals surface area contributed by atoms with E-state index >= 15 is 0 Å². The molecule has 0 aromatic carbocycles. The third kappa shape index (κ3) is 5.63. The maximum absolute atomic E-state index is 12.4. The van der Waals surface area contributed by atoms with E-state index in [1.165, 1.54) is 0 Å². The van der Waals surface area contributed by atoms with Gasteiger partial charge in [0, 0.05) is 43.9 Å². The van der Waals surface area contributed by atoms with Crippen LogP contribution in [0.1, 0.15) is 45.1 Å². The van der Waals surface area contributed by atoms with Gasteiger partial charge in [-0.05, 0) is 12.8 Å². The molecule has 1 aromatic heterocycles. The van der Waals surface area contributed by atoms with Gasteiger partial charge in [0.05, 0.1) is 12.6 Å². The van der Waals surface area contributed by atoms with E-state index in [-0.39, 0.29) is 30.2 Å². The highest BCUT2D eigenvalue weighted by Gasteiger charge is 2.24. The van der Waals surface area contributed by atoms with Crippen molar-refractivity contribution in [1.82, 2.24) is 20.2 Å². The fraction of sp³-hybridized carbons (Fsp3) is 0.684. The summed E-state index contributed by atoms with van der Waals surface area (Å²) in [5.74, 6) is 1.70. The number of nitrogens with zero attached hydrogens (tertiary/aromatic N) is 4. The molecule has 0 bridgehead atoms. The second-order valence-corrected chi connectivity index (χ2v) is 7.74. The number of carbonyl (C=O) groups excluding carboxylic acids is 2. The Balaban J connectivity index is 1.88. The van der Waals surface area contributed by atoms with Crippen molar-refractivity contribution < 1.29 is 9.59 Å². The standard InChI is InChI=1S/C19H32N6O2/c1-12(2)17(20)19(27)21-11-16(26)25-8-6-24(7-9-25)15-10-14(5)22-18(23-15)13(3)4/h10,12-13,17H,6-9,11,20H2,1-5H3,(H,21,27)/t17-/m0/s1. The molecule has 0 aliphatic carbocycles. The van der Waals surface area contributed by atoms with Crippen LogP contribution in [0, 0.1) is 12.8 Å². The zero-order valence-corrected chi connectivity index (χ0v) is 17.0. The minimum absolute atomic E-state index is 0.0105. The Hall–Kier alpha value is -2.22. The number of anilines is 1. The molecule has 0 radical (unpaired) electrons. The van der Waals surface area contributed by atoms with Crippen molar-refractivity contribution in [2.24, 2.45) is 11.7 Å². The number of carbonyl (C=O) groups is 2. The zero-order chi connectivity index (χ0) is 20.1. The van der Waals surface area contributed by atoms with E-state index in [1.807, 2.05) is 26.8 Å². The lowest BCUT2D eigenvalue weighted by atomic mass is 10.1. The number of rotatable bonds is 6. The molecule has 1 aliphatic heterocycles. The Morgan fingerprint density at radius 2 is 1.78 bits per heavy atom. The molecule has 1 aliphatic rings. The van der Waals surface area contributed by atoms with Gasteiger partial charge in [0.1, 0.15) is 11.6 Å². The number of piperazine rings is 1. The molecule has 2 amide bonds. The van der Waals surface area contributed by atoms with Crippen LogP contribution in [0.15, 0.2) is 6.07 Å². The highest BCUT2D eigenvalue weighted by atomic mass is 16.2. The number of aryl methyl sites for hydroxylation is 1. The lowest BCUT2D eigenvalue weighted by Gasteiger charge is -2.35. The molecule has 1 fully saturated rings. The van der Waals surface area contributed by atoms with Gasteiger partial charge in [-0.1, -0.05) is 27.7 Å². The van der Waals surface area contributed by atoms with Crippen molar-refractivity contribution in [2.75, 3.05) is 37.6 Å². The van der Waals surface area contributed by atoms with Crippen LogP contribution >= 0.6 is 0 Å². The van der Waals surface area contributed by atoms with Gasteiger partial charge in [0.2, 0.25) is 11.8 Å². The van der Waals surface area contributed by atoms with Crippen LogP contribution in [0.4, 0.5) is 5.82 Å². The summed E-state index contributed by atoms with van der Waals surface area (Å²) in [5, 5.41) is 2.64. The van der Waals surface area contributed by atoms with Crippen molar-refractivity contribution >= 4 is 17.6 Å². The molecule has 1 atom stereocenters. The maximum atomic E-state index is 12.4. The summed E-state index contributed by atoms with van der Waals surface area (Å²) in [6, 6.07) is 1.39. The summed E-state index contributed by atoms with van der Waals surface area (Å²) in [7, 11) is 0. The van der Waals surface area contributed by atoms with Crippen LogP contribution in [-0.4, -0.2) is 65.4 Å². The summed E-state index contributed by atoms with van der Waals surface area (Å²) in [5.41, 5.74) is 6.75. The normalized spacial score (nSPS) is 16.0. The molecule has 0 spiro atoms. The highest BCUT2D eigenvalue weighted by molar-refractivity contribution is 5.87. The molecular formula is C19H32N6O2. The molecule has 2 rings (SSSR count). The summed E-state index contributed by atoms with van der Waals surface area (Å²) in [4.78, 5) is 37.4. The quantitative estimate of drug-likeness (QED) is 0.756. The minimum Gasteiger partial charge on any atom is -0.353 e. The minimum atomic E-state index is -0.592. The number of amides is 2. The molecule has 2 heterocycles. The van der Waals surface area contributed by atoms with Crippen molar-refractivity contribution in [3.8, 4) is 0 Å². The number of nitrogens with one attached hydrogen (secondary N) is 1. The van der Waals surface area contributed by atoms with Crippen LogP contribution in [0.2, 0.25) is 0 Å². The van der Waals surface area contributed by atoms with E-state index in [4.69, 9.17) is 5.73 Å². The first-order valence-corrected chi connectivity index (χ1v) is 9.60. The Bertz CT molecular complexity index is 668.